The van der Waals surface area contributed by atoms with Gasteiger partial charge in [-0.15, -0.1) is 0 Å². The number of benzene rings is 2. The second-order valence-corrected chi connectivity index (χ2v) is 7.18. The second kappa shape index (κ2) is 5.69. The molecule has 1 aliphatic heterocycles. The lowest BCUT2D eigenvalue weighted by atomic mass is 9.85. The fraction of sp³-hybridized carbons (Fsp3) is 0.263. The summed E-state index contributed by atoms with van der Waals surface area (Å²) in [6, 6.07) is 14.3. The van der Waals surface area contributed by atoms with Crippen LogP contribution in [0.3, 0.4) is 0 Å². The van der Waals surface area contributed by atoms with Crippen LogP contribution in [0.25, 0.3) is 10.9 Å². The quantitative estimate of drug-likeness (QED) is 0.700. The summed E-state index contributed by atoms with van der Waals surface area (Å²) in [7, 11) is 2.03. The third-order valence-corrected chi connectivity index (χ3v) is 5.66. The molecule has 1 aliphatic rings. The molecule has 4 rings (SSSR count). The van der Waals surface area contributed by atoms with E-state index in [1.54, 1.807) is 0 Å². The van der Waals surface area contributed by atoms with Crippen LogP contribution in [-0.2, 0) is 17.3 Å². The predicted molar refractivity (Wildman–Crippen MR) is 100 cm³/mol. The molecule has 0 unspecified atom stereocenters. The van der Waals surface area contributed by atoms with Gasteiger partial charge in [-0.25, -0.2) is 0 Å². The summed E-state index contributed by atoms with van der Waals surface area (Å²) in [5, 5.41) is 5.80. The summed E-state index contributed by atoms with van der Waals surface area (Å²) in [6.45, 7) is 3.43. The van der Waals surface area contributed by atoms with Crippen molar-refractivity contribution in [2.75, 3.05) is 18.5 Å². The van der Waals surface area contributed by atoms with Gasteiger partial charge in [0.15, 0.2) is 0 Å². The van der Waals surface area contributed by atoms with E-state index in [9.17, 15) is 0 Å². The monoisotopic (exact) mass is 360 g/mol. The molecule has 3 aromatic rings. The molecule has 0 bridgehead atoms. The Bertz CT molecular complexity index is 929. The molecule has 0 spiro atoms. The lowest BCUT2D eigenvalue weighted by Crippen LogP contribution is -2.53. The molecule has 0 atom stereocenters. The fourth-order valence-electron chi connectivity index (χ4n) is 3.43. The minimum absolute atomic E-state index is 0.205. The van der Waals surface area contributed by atoms with E-state index in [1.807, 2.05) is 19.2 Å². The smallest absolute Gasteiger partial charge is 0.111 e. The molecule has 2 heterocycles. The molecule has 2 aromatic carbocycles. The largest absolute Gasteiger partial charge is 0.376 e. The zero-order valence-electron chi connectivity index (χ0n) is 13.6. The van der Waals surface area contributed by atoms with E-state index in [0.29, 0.717) is 23.3 Å². The van der Waals surface area contributed by atoms with Crippen molar-refractivity contribution in [3.05, 3.63) is 63.6 Å². The second-order valence-electron chi connectivity index (χ2n) is 6.40. The standard InChI is InChI=1S/C19H18Cl2N2O/c1-12-5-3-4-6-14(12)19(10-24-11-19)22-17-9-13-16(23(17)2)8-7-15(20)18(13)21/h3-9,22H,10-11H2,1-2H3. The van der Waals surface area contributed by atoms with Crippen molar-refractivity contribution in [3.63, 3.8) is 0 Å². The lowest BCUT2D eigenvalue weighted by molar-refractivity contribution is -0.0452. The van der Waals surface area contributed by atoms with Gasteiger partial charge in [0, 0.05) is 12.4 Å². The maximum atomic E-state index is 6.37. The van der Waals surface area contributed by atoms with E-state index in [4.69, 9.17) is 27.9 Å². The first kappa shape index (κ1) is 15.8. The molecule has 5 heteroatoms. The van der Waals surface area contributed by atoms with Crippen molar-refractivity contribution >= 4 is 39.9 Å². The van der Waals surface area contributed by atoms with Crippen molar-refractivity contribution in [1.82, 2.24) is 4.57 Å². The SMILES string of the molecule is Cc1ccccc1C1(Nc2cc3c(Cl)c(Cl)ccc3n2C)COC1. The Morgan fingerprint density at radius 2 is 1.88 bits per heavy atom. The number of aromatic nitrogens is 1. The highest BCUT2D eigenvalue weighted by molar-refractivity contribution is 6.45. The summed E-state index contributed by atoms with van der Waals surface area (Å²) >= 11 is 12.5. The number of anilines is 1. The minimum atomic E-state index is -0.205. The van der Waals surface area contributed by atoms with Gasteiger partial charge in [-0.1, -0.05) is 47.5 Å². The number of halogens is 2. The Morgan fingerprint density at radius 1 is 1.12 bits per heavy atom. The Hall–Kier alpha value is -1.68. The number of rotatable bonds is 3. The molecule has 1 fully saturated rings. The predicted octanol–water partition coefficient (Wildman–Crippen LogP) is 5.13. The first-order valence-electron chi connectivity index (χ1n) is 7.87. The van der Waals surface area contributed by atoms with Crippen molar-refractivity contribution in [3.8, 4) is 0 Å². The van der Waals surface area contributed by atoms with Gasteiger partial charge >= 0.3 is 0 Å². The van der Waals surface area contributed by atoms with Crippen LogP contribution in [0, 0.1) is 6.92 Å². The first-order valence-corrected chi connectivity index (χ1v) is 8.63. The van der Waals surface area contributed by atoms with Crippen molar-refractivity contribution < 1.29 is 4.74 Å². The third-order valence-electron chi connectivity index (χ3n) is 4.84. The molecule has 0 saturated carbocycles. The normalized spacial score (nSPS) is 16.2. The van der Waals surface area contributed by atoms with Crippen LogP contribution in [0.1, 0.15) is 11.1 Å². The molecule has 3 nitrogen and oxygen atoms in total. The average molecular weight is 361 g/mol. The third kappa shape index (κ3) is 2.31. The van der Waals surface area contributed by atoms with Gasteiger partial charge in [0.1, 0.15) is 11.4 Å². The van der Waals surface area contributed by atoms with Gasteiger partial charge in [0.25, 0.3) is 0 Å². The maximum absolute atomic E-state index is 6.37. The van der Waals surface area contributed by atoms with Gasteiger partial charge in [-0.05, 0) is 36.2 Å². The summed E-state index contributed by atoms with van der Waals surface area (Å²) in [6.07, 6.45) is 0. The maximum Gasteiger partial charge on any atom is 0.111 e. The molecule has 0 aliphatic carbocycles. The summed E-state index contributed by atoms with van der Waals surface area (Å²) in [5.74, 6) is 1.00. The Morgan fingerprint density at radius 3 is 2.54 bits per heavy atom. The average Bonchev–Trinajstić information content (AvgIpc) is 2.85. The van der Waals surface area contributed by atoms with Crippen molar-refractivity contribution in [2.45, 2.75) is 12.5 Å². The topological polar surface area (TPSA) is 26.2 Å². The van der Waals surface area contributed by atoms with Crippen LogP contribution in [0.15, 0.2) is 42.5 Å². The highest BCUT2D eigenvalue weighted by Gasteiger charge is 2.41. The molecule has 0 radical (unpaired) electrons. The first-order chi connectivity index (χ1) is 11.5. The van der Waals surface area contributed by atoms with Crippen LogP contribution in [-0.4, -0.2) is 17.8 Å². The molecule has 24 heavy (non-hydrogen) atoms. The zero-order valence-corrected chi connectivity index (χ0v) is 15.1. The number of ether oxygens (including phenoxy) is 1. The number of nitrogens with zero attached hydrogens (tertiary/aromatic N) is 1. The molecule has 124 valence electrons. The highest BCUT2D eigenvalue weighted by atomic mass is 35.5. The van der Waals surface area contributed by atoms with Crippen LogP contribution in [0.2, 0.25) is 10.0 Å². The van der Waals surface area contributed by atoms with E-state index in [2.05, 4.69) is 47.1 Å². The molecule has 1 aromatic heterocycles. The Labute approximate surface area is 151 Å². The van der Waals surface area contributed by atoms with Crippen LogP contribution >= 0.6 is 23.2 Å². The van der Waals surface area contributed by atoms with E-state index in [0.717, 1.165) is 16.7 Å². The van der Waals surface area contributed by atoms with Gasteiger partial charge in [-0.2, -0.15) is 0 Å². The van der Waals surface area contributed by atoms with E-state index in [-0.39, 0.29) is 5.54 Å². The number of hydrogen-bond acceptors (Lipinski definition) is 2. The Balaban J connectivity index is 1.80. The number of hydrogen-bond donors (Lipinski definition) is 1. The minimum Gasteiger partial charge on any atom is -0.376 e. The van der Waals surface area contributed by atoms with Gasteiger partial charge in [0.05, 0.1) is 28.8 Å². The molecule has 1 saturated heterocycles. The van der Waals surface area contributed by atoms with E-state index < -0.39 is 0 Å². The van der Waals surface area contributed by atoms with Crippen LogP contribution in [0.5, 0.6) is 0 Å². The van der Waals surface area contributed by atoms with Gasteiger partial charge < -0.3 is 14.6 Å². The summed E-state index contributed by atoms with van der Waals surface area (Å²) in [5.41, 5.74) is 3.37. The van der Waals surface area contributed by atoms with Crippen molar-refractivity contribution in [1.29, 1.82) is 0 Å². The fourth-order valence-corrected chi connectivity index (χ4v) is 3.80. The van der Waals surface area contributed by atoms with Crippen molar-refractivity contribution in [2.24, 2.45) is 7.05 Å². The molecule has 1 N–H and O–H groups in total. The summed E-state index contributed by atoms with van der Waals surface area (Å²) in [4.78, 5) is 0. The van der Waals surface area contributed by atoms with Gasteiger partial charge in [-0.3, -0.25) is 0 Å². The Kier molecular flexibility index (Phi) is 3.75. The molecular formula is C19H18Cl2N2O. The number of nitrogens with one attached hydrogen (secondary N) is 1. The van der Waals surface area contributed by atoms with E-state index >= 15 is 0 Å². The number of aryl methyl sites for hydroxylation is 2. The number of fused-ring (bicyclic) bond motifs is 1. The zero-order chi connectivity index (χ0) is 16.9. The van der Waals surface area contributed by atoms with E-state index in [1.165, 1.54) is 11.1 Å². The molecular weight excluding hydrogens is 343 g/mol. The lowest BCUT2D eigenvalue weighted by Gasteiger charge is -2.44. The molecule has 0 amide bonds. The summed E-state index contributed by atoms with van der Waals surface area (Å²) < 4.78 is 7.66. The van der Waals surface area contributed by atoms with Gasteiger partial charge in [0.2, 0.25) is 0 Å². The van der Waals surface area contributed by atoms with Crippen LogP contribution < -0.4 is 5.32 Å². The van der Waals surface area contributed by atoms with Crippen LogP contribution in [0.4, 0.5) is 5.82 Å². The highest BCUT2D eigenvalue weighted by Crippen LogP contribution is 2.39.